The van der Waals surface area contributed by atoms with Crippen LogP contribution < -0.4 is 9.80 Å². The van der Waals surface area contributed by atoms with Crippen molar-refractivity contribution < 1.29 is 0 Å². The predicted molar refractivity (Wildman–Crippen MR) is 320 cm³/mol. The summed E-state index contributed by atoms with van der Waals surface area (Å²) in [7, 11) is 0. The molecular formula is C73H46N2S. The Balaban J connectivity index is 0.974. The minimum absolute atomic E-state index is 0.627. The SMILES string of the molecule is c1ccc(-c2ccc(N(c3ccc4c(c3)-c3ccccc3-c3ccccc3N4c3ccccc3)c3ccc4c(c3)-c3ccccc3-c3ccccc3C43c4ccccc4-c4cc5sc6ccccc6c5cc43)cc2)cc1. The molecule has 76 heavy (non-hydrogen) atoms. The minimum atomic E-state index is -0.627. The van der Waals surface area contributed by atoms with E-state index in [1.54, 1.807) is 0 Å². The number of thiophene rings is 1. The molecule has 2 nitrogen and oxygen atoms in total. The molecule has 0 saturated carbocycles. The fraction of sp³-hybridized carbons (Fsp3) is 0.0137. The summed E-state index contributed by atoms with van der Waals surface area (Å²) in [4.78, 5) is 4.92. The number of hydrogen-bond donors (Lipinski definition) is 0. The zero-order valence-electron chi connectivity index (χ0n) is 41.4. The van der Waals surface area contributed by atoms with E-state index in [-0.39, 0.29) is 0 Å². The zero-order chi connectivity index (χ0) is 49.9. The summed E-state index contributed by atoms with van der Waals surface area (Å²) in [6, 6.07) is 104. The maximum atomic E-state index is 2.55. The predicted octanol–water partition coefficient (Wildman–Crippen LogP) is 20.3. The standard InChI is InChI=1S/C73H46N2S/c1-3-19-47(20-4-1)48-35-37-50(38-36-48)74(52-40-42-70-63(44-52)56-26-10-8-24-54(56)59-29-13-17-33-69(59)75(70)49-21-5-2-6-22-49)51-39-41-67-61(43-51)55-25-9-7-23-53(55)57-27-11-15-31-65(57)73(67)66-32-16-12-28-58(66)62-46-72-64(45-68(62)73)60-30-14-18-34-71(60)76-72/h1-46H. The Hall–Kier alpha value is -9.54. The highest BCUT2D eigenvalue weighted by Gasteiger charge is 2.50. The molecule has 12 aromatic carbocycles. The first kappa shape index (κ1) is 42.9. The van der Waals surface area contributed by atoms with Crippen LogP contribution in [0.15, 0.2) is 279 Å². The molecule has 1 spiro atoms. The number of rotatable bonds is 5. The van der Waals surface area contributed by atoms with Gasteiger partial charge in [0.2, 0.25) is 0 Å². The quantitative estimate of drug-likeness (QED) is 0.170. The van der Waals surface area contributed by atoms with Gasteiger partial charge < -0.3 is 9.80 Å². The summed E-state index contributed by atoms with van der Waals surface area (Å²) in [5.41, 5.74) is 26.0. The van der Waals surface area contributed by atoms with Gasteiger partial charge in [-0.15, -0.1) is 11.3 Å². The molecule has 2 aliphatic carbocycles. The summed E-state index contributed by atoms with van der Waals surface area (Å²) in [6.07, 6.45) is 0. The molecule has 3 aliphatic rings. The van der Waals surface area contributed by atoms with Gasteiger partial charge in [-0.2, -0.15) is 0 Å². The topological polar surface area (TPSA) is 6.48 Å². The largest absolute Gasteiger partial charge is 0.310 e. The van der Waals surface area contributed by atoms with E-state index in [0.29, 0.717) is 0 Å². The second kappa shape index (κ2) is 16.7. The molecule has 354 valence electrons. The van der Waals surface area contributed by atoms with Gasteiger partial charge in [-0.25, -0.2) is 0 Å². The lowest BCUT2D eigenvalue weighted by atomic mass is 9.65. The zero-order valence-corrected chi connectivity index (χ0v) is 42.2. The van der Waals surface area contributed by atoms with Crippen LogP contribution in [0.5, 0.6) is 0 Å². The minimum Gasteiger partial charge on any atom is -0.310 e. The molecule has 0 N–H and O–H groups in total. The van der Waals surface area contributed by atoms with Crippen LogP contribution in [-0.2, 0) is 5.41 Å². The van der Waals surface area contributed by atoms with E-state index < -0.39 is 5.41 Å². The number of hydrogen-bond acceptors (Lipinski definition) is 3. The van der Waals surface area contributed by atoms with Crippen molar-refractivity contribution in [2.75, 3.05) is 9.80 Å². The van der Waals surface area contributed by atoms with Crippen molar-refractivity contribution in [1.82, 2.24) is 0 Å². The molecule has 1 aromatic heterocycles. The van der Waals surface area contributed by atoms with Gasteiger partial charge in [0.15, 0.2) is 0 Å². The summed E-state index contributed by atoms with van der Waals surface area (Å²) < 4.78 is 2.64. The number of benzene rings is 12. The van der Waals surface area contributed by atoms with Crippen LogP contribution in [0, 0.1) is 0 Å². The Morgan fingerprint density at radius 1 is 0.276 bits per heavy atom. The second-order valence-electron chi connectivity index (χ2n) is 20.3. The van der Waals surface area contributed by atoms with Crippen molar-refractivity contribution in [3.05, 3.63) is 301 Å². The molecule has 13 aromatic rings. The molecule has 3 heteroatoms. The van der Waals surface area contributed by atoms with Crippen molar-refractivity contribution in [2.24, 2.45) is 0 Å². The summed E-state index contributed by atoms with van der Waals surface area (Å²) in [5, 5.41) is 2.62. The molecule has 0 saturated heterocycles. The molecule has 1 atom stereocenters. The molecule has 0 amide bonds. The second-order valence-corrected chi connectivity index (χ2v) is 21.4. The maximum Gasteiger partial charge on any atom is 0.0725 e. The number of nitrogens with zero attached hydrogens (tertiary/aromatic N) is 2. The summed E-state index contributed by atoms with van der Waals surface area (Å²) in [5.74, 6) is 0. The Kier molecular flexibility index (Phi) is 9.45. The van der Waals surface area contributed by atoms with Crippen LogP contribution in [0.1, 0.15) is 22.3 Å². The Morgan fingerprint density at radius 3 is 1.47 bits per heavy atom. The molecular weight excluding hydrogens is 937 g/mol. The average molecular weight is 983 g/mol. The lowest BCUT2D eigenvalue weighted by Crippen LogP contribution is -2.29. The average Bonchev–Trinajstić information content (AvgIpc) is 4.17. The van der Waals surface area contributed by atoms with Crippen LogP contribution in [0.3, 0.4) is 0 Å². The van der Waals surface area contributed by atoms with Gasteiger partial charge in [0.05, 0.1) is 16.8 Å². The molecule has 16 rings (SSSR count). The smallest absolute Gasteiger partial charge is 0.0725 e. The van der Waals surface area contributed by atoms with Crippen LogP contribution in [-0.4, -0.2) is 0 Å². The molecule has 0 bridgehead atoms. The highest BCUT2D eigenvalue weighted by molar-refractivity contribution is 7.25. The van der Waals surface area contributed by atoms with Crippen molar-refractivity contribution in [2.45, 2.75) is 5.41 Å². The Bertz CT molecular complexity index is 4480. The number of fused-ring (bicyclic) bond motifs is 20. The van der Waals surface area contributed by atoms with Crippen molar-refractivity contribution in [1.29, 1.82) is 0 Å². The van der Waals surface area contributed by atoms with Gasteiger partial charge in [0.25, 0.3) is 0 Å². The molecule has 1 unspecified atom stereocenters. The van der Waals surface area contributed by atoms with E-state index in [1.165, 1.54) is 109 Å². The Morgan fingerprint density at radius 2 is 0.750 bits per heavy atom. The van der Waals surface area contributed by atoms with Gasteiger partial charge in [-0.05, 0) is 157 Å². The maximum absolute atomic E-state index is 2.55. The first-order valence-corrected chi connectivity index (χ1v) is 27.1. The van der Waals surface area contributed by atoms with Gasteiger partial charge in [-0.1, -0.05) is 200 Å². The van der Waals surface area contributed by atoms with Crippen LogP contribution in [0.25, 0.3) is 86.9 Å². The summed E-state index contributed by atoms with van der Waals surface area (Å²) in [6.45, 7) is 0. The van der Waals surface area contributed by atoms with E-state index in [1.807, 2.05) is 11.3 Å². The summed E-state index contributed by atoms with van der Waals surface area (Å²) >= 11 is 1.90. The van der Waals surface area contributed by atoms with E-state index in [0.717, 1.165) is 34.1 Å². The highest BCUT2D eigenvalue weighted by Crippen LogP contribution is 2.63. The van der Waals surface area contributed by atoms with E-state index >= 15 is 0 Å². The van der Waals surface area contributed by atoms with Crippen LogP contribution >= 0.6 is 11.3 Å². The first-order valence-electron chi connectivity index (χ1n) is 26.2. The van der Waals surface area contributed by atoms with Gasteiger partial charge >= 0.3 is 0 Å². The lowest BCUT2D eigenvalue weighted by molar-refractivity contribution is 0.776. The monoisotopic (exact) mass is 982 g/mol. The van der Waals surface area contributed by atoms with E-state index in [4.69, 9.17) is 0 Å². The van der Waals surface area contributed by atoms with Crippen molar-refractivity contribution in [3.8, 4) is 66.8 Å². The van der Waals surface area contributed by atoms with Crippen molar-refractivity contribution in [3.63, 3.8) is 0 Å². The third-order valence-electron chi connectivity index (χ3n) is 16.4. The molecule has 2 heterocycles. The van der Waals surface area contributed by atoms with E-state index in [2.05, 4.69) is 289 Å². The highest BCUT2D eigenvalue weighted by atomic mass is 32.1. The van der Waals surface area contributed by atoms with Crippen LogP contribution in [0.2, 0.25) is 0 Å². The van der Waals surface area contributed by atoms with Crippen molar-refractivity contribution >= 4 is 65.6 Å². The van der Waals surface area contributed by atoms with Gasteiger partial charge in [0.1, 0.15) is 0 Å². The molecule has 0 radical (unpaired) electrons. The normalized spacial score (nSPS) is 14.3. The number of para-hydroxylation sites is 2. The Labute approximate surface area is 446 Å². The lowest BCUT2D eigenvalue weighted by Gasteiger charge is -2.36. The number of anilines is 6. The van der Waals surface area contributed by atoms with Crippen LogP contribution in [0.4, 0.5) is 34.1 Å². The fourth-order valence-electron chi connectivity index (χ4n) is 13.2. The van der Waals surface area contributed by atoms with E-state index in [9.17, 15) is 0 Å². The third-order valence-corrected chi connectivity index (χ3v) is 17.6. The molecule has 1 aliphatic heterocycles. The third kappa shape index (κ3) is 6.21. The van der Waals surface area contributed by atoms with Gasteiger partial charge in [0, 0.05) is 54.0 Å². The van der Waals surface area contributed by atoms with Gasteiger partial charge in [-0.3, -0.25) is 0 Å². The fourth-order valence-corrected chi connectivity index (χ4v) is 14.4. The molecule has 0 fully saturated rings. The first-order chi connectivity index (χ1) is 37.7.